The minimum atomic E-state index is -0.777. The molecule has 0 spiro atoms. The van der Waals surface area contributed by atoms with Crippen molar-refractivity contribution in [1.29, 1.82) is 0 Å². The molecule has 1 unspecified atom stereocenters. The van der Waals surface area contributed by atoms with Gasteiger partial charge in [-0.1, -0.05) is 6.42 Å². The Bertz CT molecular complexity index is 694. The van der Waals surface area contributed by atoms with Crippen LogP contribution in [-0.2, 0) is 7.05 Å². The van der Waals surface area contributed by atoms with Gasteiger partial charge < -0.3 is 14.6 Å². The number of hydrogen-bond donors (Lipinski definition) is 1. The summed E-state index contributed by atoms with van der Waals surface area (Å²) in [7, 11) is 3.47. The minimum absolute atomic E-state index is 0.185. The number of aliphatic hydroxyl groups excluding tert-OH is 1. The van der Waals surface area contributed by atoms with Crippen LogP contribution in [0.2, 0.25) is 0 Å². The summed E-state index contributed by atoms with van der Waals surface area (Å²) in [4.78, 5) is 24.6. The molecule has 1 amide bonds. The van der Waals surface area contributed by atoms with Crippen LogP contribution in [0.4, 0.5) is 5.69 Å². The smallest absolute Gasteiger partial charge is 0.276 e. The van der Waals surface area contributed by atoms with Gasteiger partial charge in [-0.3, -0.25) is 14.7 Å². The van der Waals surface area contributed by atoms with E-state index in [2.05, 4.69) is 9.97 Å². The molecule has 1 aliphatic rings. The number of carbonyl (C=O) groups excluding carboxylic acids is 1. The van der Waals surface area contributed by atoms with Crippen LogP contribution in [0.1, 0.15) is 41.8 Å². The minimum Gasteiger partial charge on any atom is -0.371 e. The first kappa shape index (κ1) is 16.6. The summed E-state index contributed by atoms with van der Waals surface area (Å²) in [6.45, 7) is 1.71. The SMILES string of the molecule is CN(C(=O)c1cnc(C(O)N2CCCCC2)n1C)c1cccnc1. The van der Waals surface area contributed by atoms with E-state index in [1.54, 1.807) is 37.1 Å². The van der Waals surface area contributed by atoms with E-state index < -0.39 is 6.23 Å². The van der Waals surface area contributed by atoms with E-state index in [0.717, 1.165) is 25.9 Å². The molecule has 7 nitrogen and oxygen atoms in total. The van der Waals surface area contributed by atoms with E-state index in [-0.39, 0.29) is 5.91 Å². The van der Waals surface area contributed by atoms with Crippen molar-refractivity contribution in [3.8, 4) is 0 Å². The highest BCUT2D eigenvalue weighted by Crippen LogP contribution is 2.22. The molecule has 128 valence electrons. The molecule has 7 heteroatoms. The third-order valence-corrected chi connectivity index (χ3v) is 4.55. The van der Waals surface area contributed by atoms with E-state index in [9.17, 15) is 9.90 Å². The Morgan fingerprint density at radius 2 is 2.04 bits per heavy atom. The summed E-state index contributed by atoms with van der Waals surface area (Å²) in [6.07, 6.45) is 7.41. The van der Waals surface area contributed by atoms with Crippen LogP contribution >= 0.6 is 0 Å². The van der Waals surface area contributed by atoms with Gasteiger partial charge in [0.25, 0.3) is 5.91 Å². The summed E-state index contributed by atoms with van der Waals surface area (Å²) in [5.74, 6) is 0.315. The topological polar surface area (TPSA) is 74.5 Å². The van der Waals surface area contributed by atoms with Crippen molar-refractivity contribution in [1.82, 2.24) is 19.4 Å². The fourth-order valence-corrected chi connectivity index (χ4v) is 3.03. The lowest BCUT2D eigenvalue weighted by molar-refractivity contribution is -0.0179. The zero-order valence-electron chi connectivity index (χ0n) is 14.1. The lowest BCUT2D eigenvalue weighted by Crippen LogP contribution is -2.35. The molecule has 3 rings (SSSR count). The molecule has 1 atom stereocenters. The molecule has 1 fully saturated rings. The average molecular weight is 329 g/mol. The number of hydrogen-bond acceptors (Lipinski definition) is 5. The number of piperidine rings is 1. The first-order chi connectivity index (χ1) is 11.6. The zero-order chi connectivity index (χ0) is 17.1. The number of anilines is 1. The zero-order valence-corrected chi connectivity index (χ0v) is 14.1. The van der Waals surface area contributed by atoms with Gasteiger partial charge in [-0.25, -0.2) is 4.98 Å². The number of aliphatic hydroxyl groups is 1. The maximum Gasteiger partial charge on any atom is 0.276 e. The van der Waals surface area contributed by atoms with Gasteiger partial charge >= 0.3 is 0 Å². The van der Waals surface area contributed by atoms with E-state index in [0.29, 0.717) is 17.2 Å². The van der Waals surface area contributed by atoms with Crippen molar-refractivity contribution in [2.24, 2.45) is 7.05 Å². The van der Waals surface area contributed by atoms with E-state index in [4.69, 9.17) is 0 Å². The van der Waals surface area contributed by atoms with E-state index in [1.165, 1.54) is 17.5 Å². The molecule has 2 aromatic heterocycles. The largest absolute Gasteiger partial charge is 0.371 e. The predicted molar refractivity (Wildman–Crippen MR) is 90.6 cm³/mol. The number of imidazole rings is 1. The summed E-state index contributed by atoms with van der Waals surface area (Å²) >= 11 is 0. The maximum atomic E-state index is 12.7. The Hall–Kier alpha value is -2.25. The highest BCUT2D eigenvalue weighted by molar-refractivity contribution is 6.04. The fraction of sp³-hybridized carbons (Fsp3) is 0.471. The fourth-order valence-electron chi connectivity index (χ4n) is 3.03. The van der Waals surface area contributed by atoms with Gasteiger partial charge in [0.15, 0.2) is 12.1 Å². The average Bonchev–Trinajstić information content (AvgIpc) is 3.02. The van der Waals surface area contributed by atoms with Crippen molar-refractivity contribution in [2.45, 2.75) is 25.5 Å². The third-order valence-electron chi connectivity index (χ3n) is 4.55. The second-order valence-electron chi connectivity index (χ2n) is 6.11. The third kappa shape index (κ3) is 3.18. The number of amides is 1. The van der Waals surface area contributed by atoms with Crippen molar-refractivity contribution in [3.63, 3.8) is 0 Å². The van der Waals surface area contributed by atoms with Crippen LogP contribution in [0, 0.1) is 0 Å². The standard InChI is InChI=1S/C17H23N5O2/c1-20(13-7-6-8-18-11-13)16(23)14-12-19-15(21(14)2)17(24)22-9-4-3-5-10-22/h6-8,11-12,17,24H,3-5,9-10H2,1-2H3. The molecule has 1 N–H and O–H groups in total. The molecule has 0 bridgehead atoms. The Balaban J connectivity index is 1.80. The second-order valence-corrected chi connectivity index (χ2v) is 6.11. The van der Waals surface area contributed by atoms with Crippen LogP contribution in [-0.4, -0.2) is 50.6 Å². The van der Waals surface area contributed by atoms with Gasteiger partial charge in [0.05, 0.1) is 18.1 Å². The van der Waals surface area contributed by atoms with E-state index in [1.807, 2.05) is 11.0 Å². The van der Waals surface area contributed by atoms with Gasteiger partial charge in [-0.15, -0.1) is 0 Å². The quantitative estimate of drug-likeness (QED) is 0.921. The monoisotopic (exact) mass is 329 g/mol. The molecular formula is C17H23N5O2. The molecule has 1 saturated heterocycles. The van der Waals surface area contributed by atoms with Gasteiger partial charge in [-0.2, -0.15) is 0 Å². The first-order valence-corrected chi connectivity index (χ1v) is 8.21. The Labute approximate surface area is 141 Å². The number of aromatic nitrogens is 3. The Morgan fingerprint density at radius 1 is 1.29 bits per heavy atom. The molecule has 3 heterocycles. The van der Waals surface area contributed by atoms with Crippen LogP contribution in [0.25, 0.3) is 0 Å². The molecule has 1 aliphatic heterocycles. The van der Waals surface area contributed by atoms with Gasteiger partial charge in [-0.05, 0) is 25.0 Å². The van der Waals surface area contributed by atoms with Crippen LogP contribution in [0.15, 0.2) is 30.7 Å². The maximum absolute atomic E-state index is 12.7. The first-order valence-electron chi connectivity index (χ1n) is 8.21. The van der Waals surface area contributed by atoms with Crippen LogP contribution < -0.4 is 4.90 Å². The molecule has 24 heavy (non-hydrogen) atoms. The van der Waals surface area contributed by atoms with Crippen molar-refractivity contribution >= 4 is 11.6 Å². The number of nitrogens with zero attached hydrogens (tertiary/aromatic N) is 5. The van der Waals surface area contributed by atoms with Crippen molar-refractivity contribution in [2.75, 3.05) is 25.0 Å². The van der Waals surface area contributed by atoms with Crippen molar-refractivity contribution in [3.05, 3.63) is 42.2 Å². The Kier molecular flexibility index (Phi) is 4.92. The summed E-state index contributed by atoms with van der Waals surface area (Å²) in [5.41, 5.74) is 1.15. The summed E-state index contributed by atoms with van der Waals surface area (Å²) in [5, 5.41) is 10.6. The normalized spacial score (nSPS) is 16.8. The number of pyridine rings is 1. The molecule has 0 radical (unpaired) electrons. The molecule has 0 saturated carbocycles. The summed E-state index contributed by atoms with van der Waals surface area (Å²) < 4.78 is 1.68. The molecular weight excluding hydrogens is 306 g/mol. The number of rotatable bonds is 4. The van der Waals surface area contributed by atoms with Gasteiger partial charge in [0.2, 0.25) is 0 Å². The van der Waals surface area contributed by atoms with E-state index >= 15 is 0 Å². The van der Waals surface area contributed by atoms with Gasteiger partial charge in [0.1, 0.15) is 5.69 Å². The molecule has 0 aromatic carbocycles. The summed E-state index contributed by atoms with van der Waals surface area (Å²) in [6, 6.07) is 3.61. The predicted octanol–water partition coefficient (Wildman–Crippen LogP) is 1.57. The highest BCUT2D eigenvalue weighted by atomic mass is 16.3. The molecule has 0 aliphatic carbocycles. The second kappa shape index (κ2) is 7.11. The van der Waals surface area contributed by atoms with Gasteiger partial charge in [0, 0.05) is 33.4 Å². The van der Waals surface area contributed by atoms with Crippen LogP contribution in [0.5, 0.6) is 0 Å². The van der Waals surface area contributed by atoms with Crippen LogP contribution in [0.3, 0.4) is 0 Å². The lowest BCUT2D eigenvalue weighted by atomic mass is 10.1. The number of likely N-dealkylation sites (tertiary alicyclic amines) is 1. The lowest BCUT2D eigenvalue weighted by Gasteiger charge is -2.30. The van der Waals surface area contributed by atoms with Crippen molar-refractivity contribution < 1.29 is 9.90 Å². The highest BCUT2D eigenvalue weighted by Gasteiger charge is 2.26. The number of carbonyl (C=O) groups is 1. The molecule has 2 aromatic rings. The Morgan fingerprint density at radius 3 is 2.71 bits per heavy atom.